The van der Waals surface area contributed by atoms with E-state index in [2.05, 4.69) is 6.92 Å². The van der Waals surface area contributed by atoms with E-state index in [1.54, 1.807) is 0 Å². The maximum absolute atomic E-state index is 10.6. The molecule has 0 bridgehead atoms. The summed E-state index contributed by atoms with van der Waals surface area (Å²) in [5.74, 6) is -0.485. The Balaban J connectivity index is 3.43. The summed E-state index contributed by atoms with van der Waals surface area (Å²) in [5, 5.41) is 0. The monoisotopic (exact) mass is 157 g/mol. The highest BCUT2D eigenvalue weighted by molar-refractivity contribution is 6.27. The van der Waals surface area contributed by atoms with Crippen LogP contribution in [0, 0.1) is 0 Å². The molecule has 64 valence electrons. The van der Waals surface area contributed by atoms with Gasteiger partial charge in [0.15, 0.2) is 6.29 Å². The summed E-state index contributed by atoms with van der Waals surface area (Å²) in [5.41, 5.74) is 5.39. The van der Waals surface area contributed by atoms with E-state index in [4.69, 9.17) is 5.73 Å². The molecule has 0 spiro atoms. The highest BCUT2D eigenvalue weighted by Crippen LogP contribution is 2.01. The molecule has 2 N–H and O–H groups in total. The van der Waals surface area contributed by atoms with Gasteiger partial charge in [-0.15, -0.1) is 0 Å². The molecule has 0 radical (unpaired) electrons. The summed E-state index contributed by atoms with van der Waals surface area (Å²) >= 11 is 0. The Labute approximate surface area is 67.0 Å². The van der Waals surface area contributed by atoms with Gasteiger partial charge in [-0.1, -0.05) is 26.2 Å². The van der Waals surface area contributed by atoms with Crippen molar-refractivity contribution in [1.29, 1.82) is 0 Å². The summed E-state index contributed by atoms with van der Waals surface area (Å²) in [6.45, 7) is 2.08. The van der Waals surface area contributed by atoms with Crippen molar-refractivity contribution in [2.45, 2.75) is 38.6 Å². The summed E-state index contributed by atoms with van der Waals surface area (Å²) < 4.78 is 0. The minimum atomic E-state index is -0.570. The van der Waals surface area contributed by atoms with Crippen LogP contribution in [0.15, 0.2) is 0 Å². The zero-order valence-corrected chi connectivity index (χ0v) is 6.88. The number of rotatable bonds is 6. The molecule has 0 heterocycles. The first-order valence-electron chi connectivity index (χ1n) is 3.97. The number of carbonyl (C=O) groups is 2. The van der Waals surface area contributed by atoms with Crippen molar-refractivity contribution in [3.8, 4) is 0 Å². The topological polar surface area (TPSA) is 60.2 Å². The van der Waals surface area contributed by atoms with Gasteiger partial charge in [-0.25, -0.2) is 0 Å². The molecule has 0 aliphatic carbocycles. The van der Waals surface area contributed by atoms with Gasteiger partial charge in [0.05, 0.1) is 6.04 Å². The molecule has 0 amide bonds. The van der Waals surface area contributed by atoms with Gasteiger partial charge in [-0.05, 0) is 6.42 Å². The number of carbonyl (C=O) groups excluding carboxylic acids is 2. The molecule has 1 unspecified atom stereocenters. The number of hydrogen-bond donors (Lipinski definition) is 1. The van der Waals surface area contributed by atoms with Gasteiger partial charge in [-0.3, -0.25) is 9.59 Å². The van der Waals surface area contributed by atoms with Gasteiger partial charge >= 0.3 is 0 Å². The number of Topliss-reactive ketones (excluding diaryl/α,β-unsaturated/α-hetero) is 1. The fraction of sp³-hybridized carbons (Fsp3) is 0.750. The standard InChI is InChI=1S/C8H15NO2/c1-2-3-4-5-7(9)8(11)6-10/h6-7H,2-5,9H2,1H3. The van der Waals surface area contributed by atoms with E-state index < -0.39 is 11.8 Å². The van der Waals surface area contributed by atoms with E-state index in [1.165, 1.54) is 0 Å². The number of nitrogens with two attached hydrogens (primary N) is 1. The average molecular weight is 157 g/mol. The van der Waals surface area contributed by atoms with Crippen molar-refractivity contribution in [3.63, 3.8) is 0 Å². The summed E-state index contributed by atoms with van der Waals surface area (Å²) in [6, 6.07) is -0.570. The lowest BCUT2D eigenvalue weighted by molar-refractivity contribution is -0.130. The van der Waals surface area contributed by atoms with Crippen LogP contribution in [-0.2, 0) is 9.59 Å². The second kappa shape index (κ2) is 6.04. The van der Waals surface area contributed by atoms with Gasteiger partial charge in [0, 0.05) is 0 Å². The number of unbranched alkanes of at least 4 members (excludes halogenated alkanes) is 2. The van der Waals surface area contributed by atoms with Crippen LogP contribution in [0.1, 0.15) is 32.6 Å². The normalized spacial score (nSPS) is 12.5. The highest BCUT2D eigenvalue weighted by atomic mass is 16.2. The Kier molecular flexibility index (Phi) is 5.65. The molecule has 0 rings (SSSR count). The lowest BCUT2D eigenvalue weighted by atomic mass is 10.1. The van der Waals surface area contributed by atoms with Crippen LogP contribution in [-0.4, -0.2) is 18.1 Å². The molecule has 0 aromatic heterocycles. The molecule has 0 aliphatic rings. The molecule has 0 saturated carbocycles. The van der Waals surface area contributed by atoms with Crippen LogP contribution in [0.5, 0.6) is 0 Å². The number of hydrogen-bond acceptors (Lipinski definition) is 3. The van der Waals surface area contributed by atoms with E-state index >= 15 is 0 Å². The third-order valence-electron chi connectivity index (χ3n) is 1.60. The van der Waals surface area contributed by atoms with E-state index in [1.807, 2.05) is 0 Å². The molecule has 3 nitrogen and oxygen atoms in total. The molecule has 11 heavy (non-hydrogen) atoms. The molecule has 0 saturated heterocycles. The van der Waals surface area contributed by atoms with Gasteiger partial charge in [-0.2, -0.15) is 0 Å². The van der Waals surface area contributed by atoms with E-state index in [0.717, 1.165) is 19.3 Å². The van der Waals surface area contributed by atoms with Crippen molar-refractivity contribution >= 4 is 12.1 Å². The van der Waals surface area contributed by atoms with Crippen molar-refractivity contribution in [1.82, 2.24) is 0 Å². The Hall–Kier alpha value is -0.700. The Morgan fingerprint density at radius 1 is 1.55 bits per heavy atom. The molecule has 0 aliphatic heterocycles. The molecule has 0 aromatic carbocycles. The van der Waals surface area contributed by atoms with Crippen molar-refractivity contribution in [3.05, 3.63) is 0 Å². The molecule has 0 aromatic rings. The van der Waals surface area contributed by atoms with Crippen molar-refractivity contribution in [2.75, 3.05) is 0 Å². The second-order valence-electron chi connectivity index (χ2n) is 2.62. The smallest absolute Gasteiger partial charge is 0.211 e. The largest absolute Gasteiger partial charge is 0.321 e. The number of aldehydes is 1. The first-order chi connectivity index (χ1) is 5.22. The SMILES string of the molecule is CCCCCC(N)C(=O)C=O. The van der Waals surface area contributed by atoms with Crippen molar-refractivity contribution in [2.24, 2.45) is 5.73 Å². The summed E-state index contributed by atoms with van der Waals surface area (Å²) in [6.07, 6.45) is 4.03. The first kappa shape index (κ1) is 10.3. The third kappa shape index (κ3) is 4.67. The Morgan fingerprint density at radius 2 is 2.18 bits per heavy atom. The third-order valence-corrected chi connectivity index (χ3v) is 1.60. The minimum Gasteiger partial charge on any atom is -0.321 e. The fourth-order valence-electron chi connectivity index (χ4n) is 0.844. The highest BCUT2D eigenvalue weighted by Gasteiger charge is 2.10. The molecular formula is C8H15NO2. The molecule has 0 fully saturated rings. The second-order valence-corrected chi connectivity index (χ2v) is 2.62. The van der Waals surface area contributed by atoms with Crippen LogP contribution < -0.4 is 5.73 Å². The quantitative estimate of drug-likeness (QED) is 0.350. The van der Waals surface area contributed by atoms with E-state index in [-0.39, 0.29) is 0 Å². The zero-order chi connectivity index (χ0) is 8.69. The van der Waals surface area contributed by atoms with Crippen LogP contribution in [0.2, 0.25) is 0 Å². The Bertz CT molecular complexity index is 134. The minimum absolute atomic E-state index is 0.302. The van der Waals surface area contributed by atoms with Crippen molar-refractivity contribution < 1.29 is 9.59 Å². The van der Waals surface area contributed by atoms with Crippen LogP contribution in [0.25, 0.3) is 0 Å². The molecular weight excluding hydrogens is 142 g/mol. The first-order valence-corrected chi connectivity index (χ1v) is 3.97. The van der Waals surface area contributed by atoms with Crippen LogP contribution >= 0.6 is 0 Å². The van der Waals surface area contributed by atoms with Gasteiger partial charge in [0.1, 0.15) is 0 Å². The summed E-state index contributed by atoms with van der Waals surface area (Å²) in [7, 11) is 0. The molecule has 3 heteroatoms. The number of ketones is 1. The van der Waals surface area contributed by atoms with Gasteiger partial charge < -0.3 is 5.73 Å². The molecule has 1 atom stereocenters. The van der Waals surface area contributed by atoms with Crippen LogP contribution in [0.3, 0.4) is 0 Å². The van der Waals surface area contributed by atoms with E-state index in [0.29, 0.717) is 12.7 Å². The van der Waals surface area contributed by atoms with Gasteiger partial charge in [0.25, 0.3) is 0 Å². The zero-order valence-electron chi connectivity index (χ0n) is 6.88. The van der Waals surface area contributed by atoms with Gasteiger partial charge in [0.2, 0.25) is 5.78 Å². The summed E-state index contributed by atoms with van der Waals surface area (Å²) in [4.78, 5) is 20.6. The van der Waals surface area contributed by atoms with E-state index in [9.17, 15) is 9.59 Å². The predicted octanol–water partition coefficient (Wildman–Crippen LogP) is 0.662. The average Bonchev–Trinajstić information content (AvgIpc) is 2.03. The maximum atomic E-state index is 10.6. The predicted molar refractivity (Wildman–Crippen MR) is 43.2 cm³/mol. The lowest BCUT2D eigenvalue weighted by Gasteiger charge is -2.04. The lowest BCUT2D eigenvalue weighted by Crippen LogP contribution is -2.31. The maximum Gasteiger partial charge on any atom is 0.211 e. The van der Waals surface area contributed by atoms with Crippen LogP contribution in [0.4, 0.5) is 0 Å². The Morgan fingerprint density at radius 3 is 2.64 bits per heavy atom. The fourth-order valence-corrected chi connectivity index (χ4v) is 0.844.